The van der Waals surface area contributed by atoms with E-state index in [9.17, 15) is 9.59 Å². The number of amides is 2. The van der Waals surface area contributed by atoms with Gasteiger partial charge in [0.15, 0.2) is 0 Å². The Balaban J connectivity index is 2.22. The Morgan fingerprint density at radius 2 is 1.62 bits per heavy atom. The molecule has 126 valence electrons. The van der Waals surface area contributed by atoms with Crippen molar-refractivity contribution in [2.75, 3.05) is 18.4 Å². The SMILES string of the molecule is CCc1ccccc1NC(=O)c1cccc(C(=O)N(CC)CC)n1. The Bertz CT molecular complexity index is 724. The minimum Gasteiger partial charge on any atom is -0.338 e. The van der Waals surface area contributed by atoms with Crippen LogP contribution in [0.15, 0.2) is 42.5 Å². The third-order valence-corrected chi connectivity index (χ3v) is 3.90. The van der Waals surface area contributed by atoms with Crippen LogP contribution in [0.4, 0.5) is 5.69 Å². The van der Waals surface area contributed by atoms with Gasteiger partial charge in [0.25, 0.3) is 11.8 Å². The number of pyridine rings is 1. The number of aryl methyl sites for hydroxylation is 1. The van der Waals surface area contributed by atoms with Crippen LogP contribution >= 0.6 is 0 Å². The van der Waals surface area contributed by atoms with E-state index in [4.69, 9.17) is 0 Å². The van der Waals surface area contributed by atoms with E-state index in [1.807, 2.05) is 45.0 Å². The molecule has 2 aromatic rings. The third kappa shape index (κ3) is 3.98. The van der Waals surface area contributed by atoms with Crippen molar-refractivity contribution >= 4 is 17.5 Å². The molecule has 0 unspecified atom stereocenters. The minimum absolute atomic E-state index is 0.163. The molecule has 0 saturated carbocycles. The lowest BCUT2D eigenvalue weighted by molar-refractivity contribution is 0.0767. The predicted octanol–water partition coefficient (Wildman–Crippen LogP) is 3.38. The molecule has 5 nitrogen and oxygen atoms in total. The fraction of sp³-hybridized carbons (Fsp3) is 0.316. The highest BCUT2D eigenvalue weighted by Gasteiger charge is 2.16. The molecule has 0 saturated heterocycles. The summed E-state index contributed by atoms with van der Waals surface area (Å²) in [6.45, 7) is 7.08. The van der Waals surface area contributed by atoms with Crippen LogP contribution in [0, 0.1) is 0 Å². The molecule has 0 aliphatic rings. The monoisotopic (exact) mass is 325 g/mol. The van der Waals surface area contributed by atoms with Gasteiger partial charge in [-0.3, -0.25) is 9.59 Å². The summed E-state index contributed by atoms with van der Waals surface area (Å²) in [5.41, 5.74) is 2.35. The van der Waals surface area contributed by atoms with E-state index in [1.165, 1.54) is 0 Å². The average Bonchev–Trinajstić information content (AvgIpc) is 2.63. The Hall–Kier alpha value is -2.69. The number of nitrogens with zero attached hydrogens (tertiary/aromatic N) is 2. The van der Waals surface area contributed by atoms with E-state index in [0.717, 1.165) is 17.7 Å². The van der Waals surface area contributed by atoms with E-state index in [1.54, 1.807) is 23.1 Å². The number of para-hydroxylation sites is 1. The maximum absolute atomic E-state index is 12.5. The van der Waals surface area contributed by atoms with Crippen molar-refractivity contribution in [3.63, 3.8) is 0 Å². The lowest BCUT2D eigenvalue weighted by Gasteiger charge is -2.18. The number of carbonyl (C=O) groups excluding carboxylic acids is 2. The Morgan fingerprint density at radius 3 is 2.29 bits per heavy atom. The maximum Gasteiger partial charge on any atom is 0.274 e. The Morgan fingerprint density at radius 1 is 0.958 bits per heavy atom. The molecule has 1 aromatic heterocycles. The molecule has 0 fully saturated rings. The number of hydrogen-bond donors (Lipinski definition) is 1. The van der Waals surface area contributed by atoms with Gasteiger partial charge in [0.2, 0.25) is 0 Å². The molecule has 5 heteroatoms. The van der Waals surface area contributed by atoms with E-state index in [-0.39, 0.29) is 23.2 Å². The van der Waals surface area contributed by atoms with Crippen molar-refractivity contribution in [3.8, 4) is 0 Å². The van der Waals surface area contributed by atoms with Gasteiger partial charge in [-0.15, -0.1) is 0 Å². The van der Waals surface area contributed by atoms with Crippen LogP contribution in [0.25, 0.3) is 0 Å². The number of hydrogen-bond acceptors (Lipinski definition) is 3. The lowest BCUT2D eigenvalue weighted by Crippen LogP contribution is -2.31. The molecule has 0 aliphatic carbocycles. The topological polar surface area (TPSA) is 62.3 Å². The molecular weight excluding hydrogens is 302 g/mol. The fourth-order valence-corrected chi connectivity index (χ4v) is 2.49. The van der Waals surface area contributed by atoms with Crippen LogP contribution in [-0.2, 0) is 6.42 Å². The average molecular weight is 325 g/mol. The van der Waals surface area contributed by atoms with Crippen LogP contribution < -0.4 is 5.32 Å². The van der Waals surface area contributed by atoms with Gasteiger partial charge in [0.05, 0.1) is 0 Å². The van der Waals surface area contributed by atoms with Crippen molar-refractivity contribution in [1.82, 2.24) is 9.88 Å². The molecule has 0 radical (unpaired) electrons. The van der Waals surface area contributed by atoms with Crippen molar-refractivity contribution < 1.29 is 9.59 Å². The molecule has 0 aliphatic heterocycles. The maximum atomic E-state index is 12.5. The first-order valence-electron chi connectivity index (χ1n) is 8.26. The van der Waals surface area contributed by atoms with Gasteiger partial charge in [-0.25, -0.2) is 4.98 Å². The highest BCUT2D eigenvalue weighted by atomic mass is 16.2. The number of nitrogens with one attached hydrogen (secondary N) is 1. The summed E-state index contributed by atoms with van der Waals surface area (Å²) in [4.78, 5) is 30.8. The first kappa shape index (κ1) is 17.7. The van der Waals surface area contributed by atoms with E-state index in [2.05, 4.69) is 10.3 Å². The zero-order chi connectivity index (χ0) is 17.5. The number of rotatable bonds is 6. The summed E-state index contributed by atoms with van der Waals surface area (Å²) in [6, 6.07) is 12.6. The standard InChI is InChI=1S/C19H23N3O2/c1-4-14-10-7-8-11-15(14)21-18(23)16-12-9-13-17(20-16)19(24)22(5-2)6-3/h7-13H,4-6H2,1-3H3,(H,21,23). The third-order valence-electron chi connectivity index (χ3n) is 3.90. The second-order valence-electron chi connectivity index (χ2n) is 5.35. The molecular formula is C19H23N3O2. The summed E-state index contributed by atoms with van der Waals surface area (Å²) < 4.78 is 0. The van der Waals surface area contributed by atoms with Gasteiger partial charge in [0, 0.05) is 18.8 Å². The van der Waals surface area contributed by atoms with Crippen LogP contribution in [0.5, 0.6) is 0 Å². The number of carbonyl (C=O) groups is 2. The van der Waals surface area contributed by atoms with Crippen LogP contribution in [-0.4, -0.2) is 34.8 Å². The van der Waals surface area contributed by atoms with Crippen LogP contribution in [0.2, 0.25) is 0 Å². The second kappa shape index (κ2) is 8.24. The first-order valence-corrected chi connectivity index (χ1v) is 8.26. The van der Waals surface area contributed by atoms with E-state index in [0.29, 0.717) is 13.1 Å². The normalized spacial score (nSPS) is 10.3. The summed E-state index contributed by atoms with van der Waals surface area (Å²) in [7, 11) is 0. The predicted molar refractivity (Wildman–Crippen MR) is 95.3 cm³/mol. The molecule has 0 atom stereocenters. The summed E-state index contributed by atoms with van der Waals surface area (Å²) in [5.74, 6) is -0.478. The van der Waals surface area contributed by atoms with Crippen molar-refractivity contribution in [3.05, 3.63) is 59.4 Å². The molecule has 1 N–H and O–H groups in total. The first-order chi connectivity index (χ1) is 11.6. The molecule has 1 aromatic carbocycles. The zero-order valence-electron chi connectivity index (χ0n) is 14.4. The molecule has 0 bridgehead atoms. The quantitative estimate of drug-likeness (QED) is 0.885. The van der Waals surface area contributed by atoms with Crippen LogP contribution in [0.1, 0.15) is 47.3 Å². The largest absolute Gasteiger partial charge is 0.338 e. The van der Waals surface area contributed by atoms with E-state index >= 15 is 0 Å². The smallest absolute Gasteiger partial charge is 0.274 e. The summed E-state index contributed by atoms with van der Waals surface area (Å²) >= 11 is 0. The minimum atomic E-state index is -0.315. The van der Waals surface area contributed by atoms with Crippen molar-refractivity contribution in [2.45, 2.75) is 27.2 Å². The van der Waals surface area contributed by atoms with Gasteiger partial charge in [-0.2, -0.15) is 0 Å². The highest BCUT2D eigenvalue weighted by Crippen LogP contribution is 2.16. The van der Waals surface area contributed by atoms with Gasteiger partial charge in [-0.1, -0.05) is 31.2 Å². The summed E-state index contributed by atoms with van der Waals surface area (Å²) in [5, 5.41) is 2.87. The van der Waals surface area contributed by atoms with Gasteiger partial charge < -0.3 is 10.2 Å². The van der Waals surface area contributed by atoms with Gasteiger partial charge >= 0.3 is 0 Å². The molecule has 2 amide bonds. The van der Waals surface area contributed by atoms with Gasteiger partial charge in [-0.05, 0) is 44.0 Å². The summed E-state index contributed by atoms with van der Waals surface area (Å²) in [6.07, 6.45) is 0.824. The molecule has 24 heavy (non-hydrogen) atoms. The lowest BCUT2D eigenvalue weighted by atomic mass is 10.1. The molecule has 2 rings (SSSR count). The second-order valence-corrected chi connectivity index (χ2v) is 5.35. The van der Waals surface area contributed by atoms with E-state index < -0.39 is 0 Å². The zero-order valence-corrected chi connectivity index (χ0v) is 14.4. The molecule has 0 spiro atoms. The van der Waals surface area contributed by atoms with Crippen molar-refractivity contribution in [1.29, 1.82) is 0 Å². The Kier molecular flexibility index (Phi) is 6.07. The Labute approximate surface area is 142 Å². The van der Waals surface area contributed by atoms with Crippen molar-refractivity contribution in [2.24, 2.45) is 0 Å². The van der Waals surface area contributed by atoms with Crippen LogP contribution in [0.3, 0.4) is 0 Å². The highest BCUT2D eigenvalue weighted by molar-refractivity contribution is 6.04. The number of aromatic nitrogens is 1. The molecule has 1 heterocycles. The van der Waals surface area contributed by atoms with Gasteiger partial charge in [0.1, 0.15) is 11.4 Å². The fourth-order valence-electron chi connectivity index (χ4n) is 2.49. The number of anilines is 1. The number of benzene rings is 1.